The van der Waals surface area contributed by atoms with E-state index in [1.165, 1.54) is 12.1 Å². The number of carbonyl (C=O) groups is 2. The third kappa shape index (κ3) is 3.60. The minimum Gasteiger partial charge on any atom is -0.478 e. The van der Waals surface area contributed by atoms with Gasteiger partial charge in [-0.05, 0) is 44.2 Å². The number of pyridine rings is 1. The summed E-state index contributed by atoms with van der Waals surface area (Å²) in [6, 6.07) is 3.10. The van der Waals surface area contributed by atoms with Crippen LogP contribution in [0.25, 0.3) is 0 Å². The first-order chi connectivity index (χ1) is 9.88. The van der Waals surface area contributed by atoms with Gasteiger partial charge in [-0.2, -0.15) is 0 Å². The molecule has 1 amide bonds. The molecule has 0 spiro atoms. The van der Waals surface area contributed by atoms with Gasteiger partial charge in [-0.3, -0.25) is 4.79 Å². The lowest BCUT2D eigenvalue weighted by Gasteiger charge is -2.26. The molecule has 1 aromatic rings. The molecule has 1 fully saturated rings. The van der Waals surface area contributed by atoms with E-state index in [1.807, 2.05) is 4.90 Å². The lowest BCUT2D eigenvalue weighted by Crippen LogP contribution is -2.37. The molecular weight excluding hydrogens is 268 g/mol. The minimum absolute atomic E-state index is 0.116. The average Bonchev–Trinajstić information content (AvgIpc) is 2.84. The molecule has 0 saturated carbocycles. The Hall–Kier alpha value is -1.91. The highest BCUT2D eigenvalue weighted by atomic mass is 16.4. The molecule has 5 nitrogen and oxygen atoms in total. The summed E-state index contributed by atoms with van der Waals surface area (Å²) >= 11 is 0. The molecule has 0 aliphatic carbocycles. The van der Waals surface area contributed by atoms with Crippen LogP contribution in [-0.2, 0) is 0 Å². The summed E-state index contributed by atoms with van der Waals surface area (Å²) in [5, 5.41) is 9.10. The Labute approximate surface area is 125 Å². The zero-order chi connectivity index (χ0) is 15.6. The predicted octanol–water partition coefficient (Wildman–Crippen LogP) is 2.74. The zero-order valence-electron chi connectivity index (χ0n) is 12.8. The zero-order valence-corrected chi connectivity index (χ0v) is 12.8. The van der Waals surface area contributed by atoms with Crippen LogP contribution in [0.3, 0.4) is 0 Å². The quantitative estimate of drug-likeness (QED) is 0.925. The summed E-state index contributed by atoms with van der Waals surface area (Å²) < 4.78 is 0. The number of hydrogen-bond donors (Lipinski definition) is 1. The Kier molecular flexibility index (Phi) is 4.60. The van der Waals surface area contributed by atoms with Crippen LogP contribution < -0.4 is 0 Å². The SMILES string of the molecule is Cc1cc(C(=O)O)cc(C(=O)N2CCC[C@@H]2CC(C)C)n1. The number of rotatable bonds is 4. The number of carbonyl (C=O) groups excluding carboxylic acids is 1. The second kappa shape index (κ2) is 6.24. The molecule has 2 rings (SSSR count). The maximum atomic E-state index is 12.6. The molecular formula is C16H22N2O3. The standard InChI is InChI=1S/C16H22N2O3/c1-10(2)7-13-5-4-6-18(13)15(19)14-9-12(16(20)21)8-11(3)17-14/h8-10,13H,4-7H2,1-3H3,(H,20,21)/t13-/m1/s1. The van der Waals surface area contributed by atoms with E-state index in [0.717, 1.165) is 25.8 Å². The Morgan fingerprint density at radius 1 is 1.43 bits per heavy atom. The monoisotopic (exact) mass is 290 g/mol. The van der Waals surface area contributed by atoms with Crippen LogP contribution in [0.5, 0.6) is 0 Å². The first-order valence-electron chi connectivity index (χ1n) is 7.41. The topological polar surface area (TPSA) is 70.5 Å². The van der Waals surface area contributed by atoms with Crippen molar-refractivity contribution in [2.45, 2.75) is 46.1 Å². The molecule has 1 aromatic heterocycles. The molecule has 1 atom stereocenters. The number of likely N-dealkylation sites (tertiary alicyclic amines) is 1. The van der Waals surface area contributed by atoms with E-state index in [1.54, 1.807) is 6.92 Å². The van der Waals surface area contributed by atoms with E-state index < -0.39 is 5.97 Å². The van der Waals surface area contributed by atoms with E-state index >= 15 is 0 Å². The number of aromatic nitrogens is 1. The van der Waals surface area contributed by atoms with Crippen LogP contribution in [0.2, 0.25) is 0 Å². The second-order valence-corrected chi connectivity index (χ2v) is 6.11. The van der Waals surface area contributed by atoms with Gasteiger partial charge in [-0.25, -0.2) is 9.78 Å². The van der Waals surface area contributed by atoms with Gasteiger partial charge in [0, 0.05) is 18.3 Å². The Bertz CT molecular complexity index is 554. The fourth-order valence-electron chi connectivity index (χ4n) is 2.94. The number of nitrogens with zero attached hydrogens (tertiary/aromatic N) is 2. The number of amides is 1. The Morgan fingerprint density at radius 3 is 2.76 bits per heavy atom. The lowest BCUT2D eigenvalue weighted by molar-refractivity contribution is 0.0696. The molecule has 1 N–H and O–H groups in total. The summed E-state index contributed by atoms with van der Waals surface area (Å²) in [5.74, 6) is -0.650. The van der Waals surface area contributed by atoms with E-state index in [2.05, 4.69) is 18.8 Å². The lowest BCUT2D eigenvalue weighted by atomic mass is 10.0. The third-order valence-electron chi connectivity index (χ3n) is 3.80. The van der Waals surface area contributed by atoms with Crippen molar-refractivity contribution in [3.63, 3.8) is 0 Å². The maximum absolute atomic E-state index is 12.6. The van der Waals surface area contributed by atoms with Gasteiger partial charge in [0.2, 0.25) is 0 Å². The smallest absolute Gasteiger partial charge is 0.335 e. The number of aryl methyl sites for hydroxylation is 1. The van der Waals surface area contributed by atoms with Gasteiger partial charge in [0.05, 0.1) is 5.56 Å². The third-order valence-corrected chi connectivity index (χ3v) is 3.80. The molecule has 1 saturated heterocycles. The highest BCUT2D eigenvalue weighted by Gasteiger charge is 2.30. The fraction of sp³-hybridized carbons (Fsp3) is 0.562. The number of carboxylic acids is 1. The number of hydrogen-bond acceptors (Lipinski definition) is 3. The summed E-state index contributed by atoms with van der Waals surface area (Å²) in [7, 11) is 0. The molecule has 0 bridgehead atoms. The van der Waals surface area contributed by atoms with Gasteiger partial charge in [-0.1, -0.05) is 13.8 Å². The predicted molar refractivity (Wildman–Crippen MR) is 79.4 cm³/mol. The van der Waals surface area contributed by atoms with Gasteiger partial charge in [0.25, 0.3) is 5.91 Å². The largest absolute Gasteiger partial charge is 0.478 e. The van der Waals surface area contributed by atoms with E-state index in [0.29, 0.717) is 11.6 Å². The summed E-state index contributed by atoms with van der Waals surface area (Å²) in [5.41, 5.74) is 0.909. The first-order valence-corrected chi connectivity index (χ1v) is 7.41. The molecule has 5 heteroatoms. The molecule has 21 heavy (non-hydrogen) atoms. The van der Waals surface area contributed by atoms with Crippen LogP contribution in [0, 0.1) is 12.8 Å². The molecule has 114 valence electrons. The van der Waals surface area contributed by atoms with Gasteiger partial charge in [-0.15, -0.1) is 0 Å². The summed E-state index contributed by atoms with van der Waals surface area (Å²) in [6.07, 6.45) is 2.99. The normalized spacial score (nSPS) is 18.3. The number of aromatic carboxylic acids is 1. The van der Waals surface area contributed by atoms with Crippen molar-refractivity contribution in [3.05, 3.63) is 29.1 Å². The van der Waals surface area contributed by atoms with Gasteiger partial charge >= 0.3 is 5.97 Å². The van der Waals surface area contributed by atoms with E-state index in [9.17, 15) is 9.59 Å². The minimum atomic E-state index is -1.03. The van der Waals surface area contributed by atoms with Gasteiger partial charge in [0.15, 0.2) is 0 Å². The van der Waals surface area contributed by atoms with Crippen LogP contribution in [0.1, 0.15) is 59.7 Å². The molecule has 1 aliphatic rings. The van der Waals surface area contributed by atoms with Crippen molar-refractivity contribution in [2.75, 3.05) is 6.54 Å². The Morgan fingerprint density at radius 2 is 2.14 bits per heavy atom. The van der Waals surface area contributed by atoms with Crippen LogP contribution in [0.4, 0.5) is 0 Å². The Balaban J connectivity index is 2.25. The summed E-state index contributed by atoms with van der Waals surface area (Å²) in [4.78, 5) is 29.8. The molecule has 0 unspecified atom stereocenters. The van der Waals surface area contributed by atoms with Crippen molar-refractivity contribution < 1.29 is 14.7 Å². The van der Waals surface area contributed by atoms with Crippen LogP contribution in [0.15, 0.2) is 12.1 Å². The van der Waals surface area contributed by atoms with Crippen LogP contribution >= 0.6 is 0 Å². The molecule has 2 heterocycles. The number of carboxylic acid groups (broad SMARTS) is 1. The van der Waals surface area contributed by atoms with Crippen molar-refractivity contribution in [1.82, 2.24) is 9.88 Å². The molecule has 1 aliphatic heterocycles. The van der Waals surface area contributed by atoms with Gasteiger partial charge in [0.1, 0.15) is 5.69 Å². The fourth-order valence-corrected chi connectivity index (χ4v) is 2.94. The van der Waals surface area contributed by atoms with Crippen molar-refractivity contribution in [2.24, 2.45) is 5.92 Å². The van der Waals surface area contributed by atoms with Crippen LogP contribution in [-0.4, -0.2) is 39.5 Å². The molecule has 0 radical (unpaired) electrons. The molecule has 0 aromatic carbocycles. The maximum Gasteiger partial charge on any atom is 0.335 e. The second-order valence-electron chi connectivity index (χ2n) is 6.11. The summed E-state index contributed by atoms with van der Waals surface area (Å²) in [6.45, 7) is 6.73. The van der Waals surface area contributed by atoms with E-state index in [4.69, 9.17) is 5.11 Å². The highest BCUT2D eigenvalue weighted by Crippen LogP contribution is 2.25. The van der Waals surface area contributed by atoms with Crippen molar-refractivity contribution in [3.8, 4) is 0 Å². The van der Waals surface area contributed by atoms with E-state index in [-0.39, 0.29) is 23.2 Å². The van der Waals surface area contributed by atoms with Gasteiger partial charge < -0.3 is 10.0 Å². The van der Waals surface area contributed by atoms with Crippen molar-refractivity contribution in [1.29, 1.82) is 0 Å². The highest BCUT2D eigenvalue weighted by molar-refractivity contribution is 5.96. The first kappa shape index (κ1) is 15.5. The van der Waals surface area contributed by atoms with Crippen molar-refractivity contribution >= 4 is 11.9 Å². The average molecular weight is 290 g/mol.